The van der Waals surface area contributed by atoms with Gasteiger partial charge in [0.25, 0.3) is 0 Å². The van der Waals surface area contributed by atoms with Crippen molar-refractivity contribution < 1.29 is 4.42 Å². The van der Waals surface area contributed by atoms with Gasteiger partial charge in [0.05, 0.1) is 11.1 Å². The Morgan fingerprint density at radius 1 is 0.460 bits per heavy atom. The molecule has 8 aromatic rings. The molecule has 0 radical (unpaired) electrons. The van der Waals surface area contributed by atoms with Crippen LogP contribution in [0.4, 0.5) is 17.1 Å². The van der Waals surface area contributed by atoms with E-state index >= 15 is 0 Å². The van der Waals surface area contributed by atoms with Gasteiger partial charge in [-0.1, -0.05) is 131 Å². The summed E-state index contributed by atoms with van der Waals surface area (Å²) >= 11 is 0. The topological polar surface area (TPSA) is 16.4 Å². The average molecular weight is 644 g/mol. The van der Waals surface area contributed by atoms with Gasteiger partial charge >= 0.3 is 0 Å². The molecule has 1 heterocycles. The molecule has 2 heteroatoms. The number of para-hydroxylation sites is 1. The molecule has 240 valence electrons. The predicted octanol–water partition coefficient (Wildman–Crippen LogP) is 13.3. The lowest BCUT2D eigenvalue weighted by molar-refractivity contribution is 0.620. The molecule has 2 nitrogen and oxygen atoms in total. The third-order valence-electron chi connectivity index (χ3n) is 11.5. The Morgan fingerprint density at radius 3 is 1.82 bits per heavy atom. The van der Waals surface area contributed by atoms with Crippen molar-refractivity contribution in [2.75, 3.05) is 4.90 Å². The molecule has 50 heavy (non-hydrogen) atoms. The van der Waals surface area contributed by atoms with Gasteiger partial charge in [0.1, 0.15) is 11.2 Å². The number of anilines is 3. The van der Waals surface area contributed by atoms with Gasteiger partial charge in [0, 0.05) is 33.2 Å². The molecule has 2 aliphatic carbocycles. The number of rotatable bonds is 4. The van der Waals surface area contributed by atoms with Crippen molar-refractivity contribution in [3.05, 3.63) is 174 Å². The van der Waals surface area contributed by atoms with E-state index in [2.05, 4.69) is 184 Å². The second kappa shape index (κ2) is 10.3. The van der Waals surface area contributed by atoms with E-state index in [0.717, 1.165) is 39.0 Å². The van der Waals surface area contributed by atoms with Gasteiger partial charge in [0.15, 0.2) is 0 Å². The Kier molecular flexibility index (Phi) is 6.01. The highest BCUT2D eigenvalue weighted by Crippen LogP contribution is 2.54. The molecule has 0 atom stereocenters. The normalized spacial score (nSPS) is 14.7. The smallest absolute Gasteiger partial charge is 0.140 e. The number of hydrogen-bond donors (Lipinski definition) is 0. The van der Waals surface area contributed by atoms with E-state index in [9.17, 15) is 0 Å². The highest BCUT2D eigenvalue weighted by atomic mass is 16.3. The molecule has 0 aliphatic heterocycles. The Hall–Kier alpha value is -5.86. The monoisotopic (exact) mass is 643 g/mol. The summed E-state index contributed by atoms with van der Waals surface area (Å²) in [6.07, 6.45) is 0. The summed E-state index contributed by atoms with van der Waals surface area (Å²) in [6, 6.07) is 55.4. The molecule has 0 saturated heterocycles. The molecule has 1 aromatic heterocycles. The molecule has 7 aromatic carbocycles. The van der Waals surface area contributed by atoms with Gasteiger partial charge in [0.2, 0.25) is 0 Å². The molecule has 0 spiro atoms. The summed E-state index contributed by atoms with van der Waals surface area (Å²) in [6.45, 7) is 9.33. The fraction of sp³-hybridized carbons (Fsp3) is 0.125. The van der Waals surface area contributed by atoms with Gasteiger partial charge in [-0.15, -0.1) is 0 Å². The molecule has 0 N–H and O–H groups in total. The first kappa shape index (κ1) is 29.1. The minimum atomic E-state index is -0.163. The summed E-state index contributed by atoms with van der Waals surface area (Å²) in [5.74, 6) is 0. The SMILES string of the molecule is CC1(C)c2ccccc2-c2ccc(-c3ccc(N(c4ccccc4)c4cccc5oc6c7c(ccc6c45)-c4ccccc4C7(C)C)cc3)cc21. The summed E-state index contributed by atoms with van der Waals surface area (Å²) in [5, 5.41) is 2.28. The van der Waals surface area contributed by atoms with E-state index in [1.807, 2.05) is 0 Å². The molecular weight excluding hydrogens is 607 g/mol. The van der Waals surface area contributed by atoms with Gasteiger partial charge in [-0.3, -0.25) is 0 Å². The highest BCUT2D eigenvalue weighted by molar-refractivity contribution is 6.15. The first-order valence-electron chi connectivity index (χ1n) is 17.6. The van der Waals surface area contributed by atoms with Crippen LogP contribution in [-0.2, 0) is 10.8 Å². The molecular formula is C48H37NO. The van der Waals surface area contributed by atoms with Crippen LogP contribution >= 0.6 is 0 Å². The van der Waals surface area contributed by atoms with Crippen LogP contribution in [0.25, 0.3) is 55.3 Å². The van der Waals surface area contributed by atoms with E-state index in [1.165, 1.54) is 55.6 Å². The molecule has 0 fully saturated rings. The zero-order valence-electron chi connectivity index (χ0n) is 28.8. The van der Waals surface area contributed by atoms with Crippen molar-refractivity contribution in [2.24, 2.45) is 0 Å². The van der Waals surface area contributed by atoms with E-state index in [0.29, 0.717) is 0 Å². The lowest BCUT2D eigenvalue weighted by Crippen LogP contribution is -2.15. The first-order valence-corrected chi connectivity index (χ1v) is 17.6. The Balaban J connectivity index is 1.11. The van der Waals surface area contributed by atoms with Crippen LogP contribution in [0, 0.1) is 0 Å². The molecule has 0 saturated carbocycles. The zero-order chi connectivity index (χ0) is 33.8. The van der Waals surface area contributed by atoms with Crippen LogP contribution in [0.15, 0.2) is 156 Å². The Bertz CT molecular complexity index is 2640. The lowest BCUT2D eigenvalue weighted by atomic mass is 9.81. The summed E-state index contributed by atoms with van der Waals surface area (Å²) in [7, 11) is 0. The average Bonchev–Trinajstić information content (AvgIpc) is 3.72. The van der Waals surface area contributed by atoms with Crippen molar-refractivity contribution >= 4 is 39.0 Å². The molecule has 10 rings (SSSR count). The predicted molar refractivity (Wildman–Crippen MR) is 209 cm³/mol. The molecule has 0 bridgehead atoms. The minimum absolute atomic E-state index is 0.0316. The van der Waals surface area contributed by atoms with Crippen LogP contribution in [0.5, 0.6) is 0 Å². The van der Waals surface area contributed by atoms with Gasteiger partial charge < -0.3 is 9.32 Å². The fourth-order valence-corrected chi connectivity index (χ4v) is 8.99. The number of hydrogen-bond acceptors (Lipinski definition) is 2. The maximum Gasteiger partial charge on any atom is 0.140 e. The number of fused-ring (bicyclic) bond motifs is 10. The summed E-state index contributed by atoms with van der Waals surface area (Å²) in [5.41, 5.74) is 18.1. The third-order valence-corrected chi connectivity index (χ3v) is 11.5. The third kappa shape index (κ3) is 3.96. The van der Waals surface area contributed by atoms with E-state index < -0.39 is 0 Å². The van der Waals surface area contributed by atoms with Crippen LogP contribution in [0.2, 0.25) is 0 Å². The van der Waals surface area contributed by atoms with Crippen LogP contribution in [0.3, 0.4) is 0 Å². The minimum Gasteiger partial charge on any atom is -0.456 e. The lowest BCUT2D eigenvalue weighted by Gasteiger charge is -2.26. The highest BCUT2D eigenvalue weighted by Gasteiger charge is 2.39. The van der Waals surface area contributed by atoms with Crippen molar-refractivity contribution in [3.8, 4) is 33.4 Å². The van der Waals surface area contributed by atoms with Crippen LogP contribution < -0.4 is 4.90 Å². The van der Waals surface area contributed by atoms with Crippen LogP contribution in [-0.4, -0.2) is 0 Å². The van der Waals surface area contributed by atoms with E-state index in [-0.39, 0.29) is 10.8 Å². The Labute approximate surface area is 293 Å². The molecule has 0 amide bonds. The van der Waals surface area contributed by atoms with Gasteiger partial charge in [-0.25, -0.2) is 0 Å². The quantitative estimate of drug-likeness (QED) is 0.190. The second-order valence-corrected chi connectivity index (χ2v) is 14.9. The first-order chi connectivity index (χ1) is 24.3. The molecule has 0 unspecified atom stereocenters. The second-order valence-electron chi connectivity index (χ2n) is 14.9. The van der Waals surface area contributed by atoms with Gasteiger partial charge in [-0.2, -0.15) is 0 Å². The van der Waals surface area contributed by atoms with Gasteiger partial charge in [-0.05, 0) is 98.6 Å². The number of furan rings is 1. The van der Waals surface area contributed by atoms with E-state index in [1.54, 1.807) is 0 Å². The maximum atomic E-state index is 6.85. The number of benzene rings is 7. The summed E-state index contributed by atoms with van der Waals surface area (Å²) in [4.78, 5) is 2.37. The van der Waals surface area contributed by atoms with Crippen molar-refractivity contribution in [2.45, 2.75) is 38.5 Å². The van der Waals surface area contributed by atoms with E-state index in [4.69, 9.17) is 4.42 Å². The molecule has 2 aliphatic rings. The zero-order valence-corrected chi connectivity index (χ0v) is 28.8. The standard InChI is InChI=1S/C48H37NO/c1-47(2)39-17-10-8-15-34(39)36-26-23-31(29-41(36)47)30-21-24-33(25-22-30)49(32-13-6-5-7-14-32)42-19-12-20-43-44(42)38-28-27-37-35-16-9-11-18-40(35)48(3,4)45(37)46(38)50-43/h5-29H,1-4H3. The number of nitrogens with zero attached hydrogens (tertiary/aromatic N) is 1. The van der Waals surface area contributed by atoms with Crippen molar-refractivity contribution in [1.82, 2.24) is 0 Å². The van der Waals surface area contributed by atoms with Crippen LogP contribution in [0.1, 0.15) is 49.9 Å². The van der Waals surface area contributed by atoms with Crippen molar-refractivity contribution in [3.63, 3.8) is 0 Å². The Morgan fingerprint density at radius 2 is 1.06 bits per heavy atom. The van der Waals surface area contributed by atoms with Crippen molar-refractivity contribution in [1.29, 1.82) is 0 Å². The summed E-state index contributed by atoms with van der Waals surface area (Å²) < 4.78 is 6.85. The largest absolute Gasteiger partial charge is 0.456 e. The fourth-order valence-electron chi connectivity index (χ4n) is 8.99. The maximum absolute atomic E-state index is 6.85.